The van der Waals surface area contributed by atoms with Crippen LogP contribution in [0.5, 0.6) is 0 Å². The quantitative estimate of drug-likeness (QED) is 0.854. The molecule has 18 heavy (non-hydrogen) atoms. The molecule has 0 saturated carbocycles. The lowest BCUT2D eigenvalue weighted by molar-refractivity contribution is 0.684. The van der Waals surface area contributed by atoms with Crippen molar-refractivity contribution < 1.29 is 0 Å². The highest BCUT2D eigenvalue weighted by Gasteiger charge is 2.13. The maximum atomic E-state index is 5.69. The second kappa shape index (κ2) is 6.20. The summed E-state index contributed by atoms with van der Waals surface area (Å²) in [5.41, 5.74) is 6.36. The van der Waals surface area contributed by atoms with Gasteiger partial charge in [-0.05, 0) is 39.9 Å². The number of anilines is 2. The van der Waals surface area contributed by atoms with Gasteiger partial charge in [-0.1, -0.05) is 19.4 Å². The molecule has 3 nitrogen and oxygen atoms in total. The van der Waals surface area contributed by atoms with Crippen LogP contribution in [0.4, 0.5) is 11.5 Å². The Hall–Kier alpha value is -1.07. The molecule has 2 rings (SSSR count). The molecule has 1 atom stereocenters. The molecule has 96 valence electrons. The van der Waals surface area contributed by atoms with Gasteiger partial charge in [0.25, 0.3) is 0 Å². The van der Waals surface area contributed by atoms with Crippen LogP contribution in [0.1, 0.15) is 30.7 Å². The van der Waals surface area contributed by atoms with Crippen molar-refractivity contribution in [3.63, 3.8) is 0 Å². The van der Waals surface area contributed by atoms with Crippen LogP contribution < -0.4 is 11.1 Å². The molecule has 0 radical (unpaired) electrons. The monoisotopic (exact) mass is 325 g/mol. The Balaban J connectivity index is 2.18. The lowest BCUT2D eigenvalue weighted by Gasteiger charge is -2.18. The first-order chi connectivity index (χ1) is 8.70. The van der Waals surface area contributed by atoms with Crippen LogP contribution in [0.3, 0.4) is 0 Å². The summed E-state index contributed by atoms with van der Waals surface area (Å²) in [4.78, 5) is 5.67. The maximum Gasteiger partial charge on any atom is 0.140 e. The number of nitrogen functional groups attached to an aromatic ring is 1. The number of hydrogen-bond acceptors (Lipinski definition) is 4. The van der Waals surface area contributed by atoms with Crippen LogP contribution in [-0.4, -0.2) is 4.98 Å². The van der Waals surface area contributed by atoms with Gasteiger partial charge in [0.2, 0.25) is 0 Å². The van der Waals surface area contributed by atoms with Crippen molar-refractivity contribution in [2.75, 3.05) is 11.1 Å². The van der Waals surface area contributed by atoms with Crippen LogP contribution in [0.15, 0.2) is 34.2 Å². The summed E-state index contributed by atoms with van der Waals surface area (Å²) in [5.74, 6) is 0.844. The first-order valence-electron chi connectivity index (χ1n) is 5.91. The second-order valence-corrected chi connectivity index (χ2v) is 5.93. The van der Waals surface area contributed by atoms with Gasteiger partial charge in [0, 0.05) is 4.88 Å². The Morgan fingerprint density at radius 2 is 2.39 bits per heavy atom. The minimum Gasteiger partial charge on any atom is -0.397 e. The van der Waals surface area contributed by atoms with E-state index in [-0.39, 0.29) is 0 Å². The van der Waals surface area contributed by atoms with Crippen LogP contribution in [0.25, 0.3) is 0 Å². The highest BCUT2D eigenvalue weighted by atomic mass is 79.9. The van der Waals surface area contributed by atoms with Gasteiger partial charge in [-0.25, -0.2) is 4.98 Å². The number of pyridine rings is 1. The van der Waals surface area contributed by atoms with Gasteiger partial charge in [0.15, 0.2) is 0 Å². The number of hydrogen-bond donors (Lipinski definition) is 2. The number of nitrogens with zero attached hydrogens (tertiary/aromatic N) is 1. The first-order valence-corrected chi connectivity index (χ1v) is 7.59. The van der Waals surface area contributed by atoms with Crippen molar-refractivity contribution >= 4 is 38.8 Å². The molecular formula is C13H16BrN3S. The number of nitrogens with two attached hydrogens (primary N) is 1. The average Bonchev–Trinajstić information content (AvgIpc) is 2.85. The number of thiophene rings is 1. The minimum absolute atomic E-state index is 0.308. The molecule has 0 saturated heterocycles. The van der Waals surface area contributed by atoms with Crippen molar-refractivity contribution in [2.24, 2.45) is 0 Å². The summed E-state index contributed by atoms with van der Waals surface area (Å²) in [7, 11) is 0. The van der Waals surface area contributed by atoms with Crippen molar-refractivity contribution in [3.05, 3.63) is 39.1 Å². The fourth-order valence-corrected chi connectivity index (χ4v) is 3.08. The molecule has 0 spiro atoms. The van der Waals surface area contributed by atoms with Gasteiger partial charge in [-0.15, -0.1) is 11.3 Å². The predicted molar refractivity (Wildman–Crippen MR) is 81.9 cm³/mol. The summed E-state index contributed by atoms with van der Waals surface area (Å²) < 4.78 is 0.903. The molecule has 0 amide bonds. The van der Waals surface area contributed by atoms with E-state index in [0.717, 1.165) is 23.1 Å². The molecule has 0 fully saturated rings. The third-order valence-corrected chi connectivity index (χ3v) is 4.23. The topological polar surface area (TPSA) is 50.9 Å². The molecular weight excluding hydrogens is 310 g/mol. The first kappa shape index (κ1) is 13.4. The van der Waals surface area contributed by atoms with Crippen LogP contribution >= 0.6 is 27.3 Å². The third kappa shape index (κ3) is 3.23. The van der Waals surface area contributed by atoms with E-state index in [0.29, 0.717) is 11.7 Å². The number of nitrogens with one attached hydrogen (secondary N) is 1. The molecule has 2 aromatic heterocycles. The standard InChI is InChI=1S/C13H16BrN3S/c1-2-4-11(12-5-3-6-18-12)17-13-10(14)7-9(15)8-16-13/h3,5-8,11H,2,4,15H2,1H3,(H,16,17). The molecule has 0 aliphatic carbocycles. The summed E-state index contributed by atoms with van der Waals surface area (Å²) in [6.07, 6.45) is 3.88. The maximum absolute atomic E-state index is 5.69. The van der Waals surface area contributed by atoms with E-state index >= 15 is 0 Å². The molecule has 0 bridgehead atoms. The molecule has 2 heterocycles. The van der Waals surface area contributed by atoms with Crippen LogP contribution in [-0.2, 0) is 0 Å². The normalized spacial score (nSPS) is 12.3. The van der Waals surface area contributed by atoms with Gasteiger partial charge in [-0.2, -0.15) is 0 Å². The fraction of sp³-hybridized carbons (Fsp3) is 0.308. The van der Waals surface area contributed by atoms with Crippen LogP contribution in [0.2, 0.25) is 0 Å². The smallest absolute Gasteiger partial charge is 0.140 e. The van der Waals surface area contributed by atoms with E-state index in [1.807, 2.05) is 6.07 Å². The lowest BCUT2D eigenvalue weighted by Crippen LogP contribution is -2.10. The Morgan fingerprint density at radius 1 is 1.56 bits per heavy atom. The van der Waals surface area contributed by atoms with Gasteiger partial charge in [0.05, 0.1) is 22.4 Å². The summed E-state index contributed by atoms with van der Waals surface area (Å²) in [5, 5.41) is 5.58. The Bertz CT molecular complexity index is 499. The summed E-state index contributed by atoms with van der Waals surface area (Å²) >= 11 is 5.26. The van der Waals surface area contributed by atoms with E-state index in [2.05, 4.69) is 50.7 Å². The van der Waals surface area contributed by atoms with Gasteiger partial charge < -0.3 is 11.1 Å². The minimum atomic E-state index is 0.308. The van der Waals surface area contributed by atoms with Crippen molar-refractivity contribution in [2.45, 2.75) is 25.8 Å². The zero-order valence-electron chi connectivity index (χ0n) is 10.2. The molecule has 0 aromatic carbocycles. The van der Waals surface area contributed by atoms with E-state index in [1.165, 1.54) is 4.88 Å². The summed E-state index contributed by atoms with van der Waals surface area (Å²) in [6, 6.07) is 6.41. The van der Waals surface area contributed by atoms with E-state index in [4.69, 9.17) is 5.73 Å². The van der Waals surface area contributed by atoms with Crippen molar-refractivity contribution in [1.82, 2.24) is 4.98 Å². The molecule has 0 aliphatic heterocycles. The highest BCUT2D eigenvalue weighted by Crippen LogP contribution is 2.30. The number of halogens is 1. The Labute approximate surface area is 120 Å². The number of aromatic nitrogens is 1. The predicted octanol–water partition coefficient (Wildman–Crippen LogP) is 4.44. The second-order valence-electron chi connectivity index (χ2n) is 4.10. The largest absolute Gasteiger partial charge is 0.397 e. The highest BCUT2D eigenvalue weighted by molar-refractivity contribution is 9.10. The van der Waals surface area contributed by atoms with E-state index < -0.39 is 0 Å². The SMILES string of the molecule is CCCC(Nc1ncc(N)cc1Br)c1cccs1. The van der Waals surface area contributed by atoms with E-state index in [9.17, 15) is 0 Å². The lowest BCUT2D eigenvalue weighted by atomic mass is 10.1. The Morgan fingerprint density at radius 3 is 3.00 bits per heavy atom. The summed E-state index contributed by atoms with van der Waals surface area (Å²) in [6.45, 7) is 2.19. The van der Waals surface area contributed by atoms with Gasteiger partial charge in [-0.3, -0.25) is 0 Å². The van der Waals surface area contributed by atoms with Gasteiger partial charge >= 0.3 is 0 Å². The number of rotatable bonds is 5. The molecule has 1 unspecified atom stereocenters. The molecule has 3 N–H and O–H groups in total. The third-order valence-electron chi connectivity index (χ3n) is 2.64. The van der Waals surface area contributed by atoms with Crippen LogP contribution in [0, 0.1) is 0 Å². The van der Waals surface area contributed by atoms with Gasteiger partial charge in [0.1, 0.15) is 5.82 Å². The Kier molecular flexibility index (Phi) is 4.60. The molecule has 5 heteroatoms. The molecule has 0 aliphatic rings. The fourth-order valence-electron chi connectivity index (χ4n) is 1.79. The van der Waals surface area contributed by atoms with Crippen molar-refractivity contribution in [3.8, 4) is 0 Å². The van der Waals surface area contributed by atoms with E-state index in [1.54, 1.807) is 17.5 Å². The van der Waals surface area contributed by atoms with Crippen molar-refractivity contribution in [1.29, 1.82) is 0 Å². The zero-order chi connectivity index (χ0) is 13.0. The zero-order valence-corrected chi connectivity index (χ0v) is 12.6. The molecule has 2 aromatic rings. The average molecular weight is 326 g/mol.